The Morgan fingerprint density at radius 2 is 1.38 bits per heavy atom. The number of carbonyl (C=O) groups excluding carboxylic acids is 3. The van der Waals surface area contributed by atoms with Crippen LogP contribution >= 0.6 is 10.9 Å². The van der Waals surface area contributed by atoms with Gasteiger partial charge < -0.3 is 10.6 Å². The standard InChI is InChI=1S/C19H35N3O6S/c1-4-26-29(27-5-2,28-6-3)16-10-14-21-19(25)20-13-8-7-9-15-22-17(23)11-12-18(22)24/h11-12H,4-10,13-16H2,1-3H3,(H2,20,21,25). The largest absolute Gasteiger partial charge is 0.338 e. The van der Waals surface area contributed by atoms with Crippen LogP contribution in [0.1, 0.15) is 46.5 Å². The van der Waals surface area contributed by atoms with E-state index < -0.39 is 10.9 Å². The monoisotopic (exact) mass is 433 g/mol. The molecule has 2 N–H and O–H groups in total. The molecule has 1 rings (SSSR count). The molecule has 0 aliphatic carbocycles. The summed E-state index contributed by atoms with van der Waals surface area (Å²) < 4.78 is 17.2. The fourth-order valence-corrected chi connectivity index (χ4v) is 4.89. The number of carbonyl (C=O) groups is 3. The van der Waals surface area contributed by atoms with Gasteiger partial charge in [-0.25, -0.2) is 4.79 Å². The lowest BCUT2D eigenvalue weighted by Crippen LogP contribution is -2.37. The molecule has 168 valence electrons. The number of hydrogen-bond donors (Lipinski definition) is 2. The van der Waals surface area contributed by atoms with Crippen LogP contribution in [0.15, 0.2) is 12.2 Å². The SMILES string of the molecule is CCOS(CCCNC(=O)NCCCCCN1C(=O)C=CC1=O)(OCC)OCC. The first kappa shape index (κ1) is 25.4. The average molecular weight is 434 g/mol. The minimum Gasteiger partial charge on any atom is -0.338 e. The van der Waals surface area contributed by atoms with Crippen LogP contribution in [-0.2, 0) is 22.1 Å². The topological polar surface area (TPSA) is 106 Å². The Morgan fingerprint density at radius 3 is 1.90 bits per heavy atom. The Bertz CT molecular complexity index is 523. The van der Waals surface area contributed by atoms with E-state index in [2.05, 4.69) is 10.6 Å². The van der Waals surface area contributed by atoms with E-state index in [0.29, 0.717) is 51.6 Å². The molecule has 0 bridgehead atoms. The van der Waals surface area contributed by atoms with Gasteiger partial charge in [-0.2, -0.15) is 0 Å². The maximum atomic E-state index is 11.9. The van der Waals surface area contributed by atoms with Crippen molar-refractivity contribution in [3.8, 4) is 0 Å². The van der Waals surface area contributed by atoms with Crippen molar-refractivity contribution in [3.05, 3.63) is 12.2 Å². The number of hydrogen-bond acceptors (Lipinski definition) is 6. The summed E-state index contributed by atoms with van der Waals surface area (Å²) in [6.07, 6.45) is 5.59. The van der Waals surface area contributed by atoms with Crippen LogP contribution in [0.5, 0.6) is 0 Å². The van der Waals surface area contributed by atoms with Crippen molar-refractivity contribution >= 4 is 28.7 Å². The van der Waals surface area contributed by atoms with E-state index >= 15 is 0 Å². The number of rotatable bonds is 16. The highest BCUT2D eigenvalue weighted by atomic mass is 32.3. The molecule has 0 spiro atoms. The minimum atomic E-state index is -2.01. The lowest BCUT2D eigenvalue weighted by atomic mass is 10.2. The Labute approximate surface area is 175 Å². The Morgan fingerprint density at radius 1 is 0.862 bits per heavy atom. The maximum Gasteiger partial charge on any atom is 0.314 e. The molecule has 0 unspecified atom stereocenters. The maximum absolute atomic E-state index is 11.9. The summed E-state index contributed by atoms with van der Waals surface area (Å²) in [5, 5.41) is 5.62. The normalized spacial score (nSPS) is 14.5. The van der Waals surface area contributed by atoms with Gasteiger partial charge in [-0.3, -0.25) is 27.0 Å². The van der Waals surface area contributed by atoms with E-state index in [9.17, 15) is 14.4 Å². The van der Waals surface area contributed by atoms with Gasteiger partial charge in [0.25, 0.3) is 11.8 Å². The molecule has 1 aliphatic rings. The van der Waals surface area contributed by atoms with Gasteiger partial charge in [-0.15, -0.1) is 0 Å². The Balaban J connectivity index is 2.11. The number of amides is 4. The van der Waals surface area contributed by atoms with E-state index in [-0.39, 0.29) is 17.8 Å². The number of imide groups is 1. The van der Waals surface area contributed by atoms with Crippen molar-refractivity contribution in [1.82, 2.24) is 15.5 Å². The first-order chi connectivity index (χ1) is 14.0. The molecular weight excluding hydrogens is 398 g/mol. The number of urea groups is 1. The van der Waals surface area contributed by atoms with Gasteiger partial charge in [0.05, 0.1) is 30.7 Å². The summed E-state index contributed by atoms with van der Waals surface area (Å²) in [5.74, 6) is 0.0961. The second-order valence-electron chi connectivity index (χ2n) is 6.24. The summed E-state index contributed by atoms with van der Waals surface area (Å²) >= 11 is 0. The summed E-state index contributed by atoms with van der Waals surface area (Å²) in [6.45, 7) is 8.72. The summed E-state index contributed by atoms with van der Waals surface area (Å²) in [4.78, 5) is 35.9. The Kier molecular flexibility index (Phi) is 12.6. The van der Waals surface area contributed by atoms with Gasteiger partial charge in [0.1, 0.15) is 0 Å². The van der Waals surface area contributed by atoms with Gasteiger partial charge in [0.15, 0.2) is 0 Å². The van der Waals surface area contributed by atoms with Gasteiger partial charge in [0, 0.05) is 37.5 Å². The van der Waals surface area contributed by atoms with E-state index in [4.69, 9.17) is 12.5 Å². The predicted molar refractivity (Wildman–Crippen MR) is 113 cm³/mol. The highest BCUT2D eigenvalue weighted by Gasteiger charge is 2.25. The van der Waals surface area contributed by atoms with Crippen molar-refractivity contribution in [1.29, 1.82) is 0 Å². The lowest BCUT2D eigenvalue weighted by molar-refractivity contribution is -0.136. The summed E-state index contributed by atoms with van der Waals surface area (Å²) in [7, 11) is -2.01. The van der Waals surface area contributed by atoms with Gasteiger partial charge >= 0.3 is 6.03 Å². The fourth-order valence-electron chi connectivity index (χ4n) is 2.76. The average Bonchev–Trinajstić information content (AvgIpc) is 3.00. The molecule has 0 radical (unpaired) electrons. The van der Waals surface area contributed by atoms with Crippen molar-refractivity contribution in [3.63, 3.8) is 0 Å². The quantitative estimate of drug-likeness (QED) is 0.286. The van der Waals surface area contributed by atoms with Crippen molar-refractivity contribution in [2.45, 2.75) is 46.5 Å². The van der Waals surface area contributed by atoms with E-state index in [1.54, 1.807) is 0 Å². The third-order valence-electron chi connectivity index (χ3n) is 3.99. The number of nitrogens with one attached hydrogen (secondary N) is 2. The molecule has 0 aromatic rings. The molecule has 0 saturated carbocycles. The summed E-state index contributed by atoms with van der Waals surface area (Å²) in [6, 6.07) is -0.219. The van der Waals surface area contributed by atoms with Crippen LogP contribution < -0.4 is 10.6 Å². The molecule has 0 aromatic carbocycles. The molecule has 0 fully saturated rings. The van der Waals surface area contributed by atoms with Gasteiger partial charge in [-0.05, 0) is 46.5 Å². The molecule has 1 heterocycles. The molecule has 10 heteroatoms. The second kappa shape index (κ2) is 14.4. The van der Waals surface area contributed by atoms with Crippen LogP contribution in [0.25, 0.3) is 0 Å². The highest BCUT2D eigenvalue weighted by Crippen LogP contribution is 2.51. The van der Waals surface area contributed by atoms with Crippen molar-refractivity contribution in [2.75, 3.05) is 45.2 Å². The first-order valence-corrected chi connectivity index (χ1v) is 11.8. The summed E-state index contributed by atoms with van der Waals surface area (Å²) in [5.41, 5.74) is 0. The van der Waals surface area contributed by atoms with E-state index in [1.807, 2.05) is 20.8 Å². The van der Waals surface area contributed by atoms with Crippen LogP contribution in [0.4, 0.5) is 4.79 Å². The molecule has 0 atom stereocenters. The van der Waals surface area contributed by atoms with E-state index in [0.717, 1.165) is 19.3 Å². The van der Waals surface area contributed by atoms with Crippen LogP contribution in [0.2, 0.25) is 0 Å². The third-order valence-corrected chi connectivity index (χ3v) is 6.57. The Hall–Kier alpha value is -1.62. The lowest BCUT2D eigenvalue weighted by Gasteiger charge is -2.36. The fraction of sp³-hybridized carbons (Fsp3) is 0.737. The van der Waals surface area contributed by atoms with Gasteiger partial charge in [0.2, 0.25) is 0 Å². The zero-order chi connectivity index (χ0) is 21.5. The highest BCUT2D eigenvalue weighted by molar-refractivity contribution is 8.21. The third kappa shape index (κ3) is 9.62. The molecule has 0 saturated heterocycles. The predicted octanol–water partition coefficient (Wildman–Crippen LogP) is 2.43. The van der Waals surface area contributed by atoms with Crippen molar-refractivity contribution < 1.29 is 26.9 Å². The molecule has 0 aromatic heterocycles. The smallest absolute Gasteiger partial charge is 0.314 e. The molecule has 29 heavy (non-hydrogen) atoms. The van der Waals surface area contributed by atoms with Crippen LogP contribution in [-0.4, -0.2) is 68.0 Å². The van der Waals surface area contributed by atoms with Crippen LogP contribution in [0.3, 0.4) is 0 Å². The second-order valence-corrected chi connectivity index (χ2v) is 8.47. The molecule has 4 amide bonds. The molecule has 9 nitrogen and oxygen atoms in total. The zero-order valence-electron chi connectivity index (χ0n) is 17.7. The molecule has 1 aliphatic heterocycles. The minimum absolute atomic E-state index is 0.219. The van der Waals surface area contributed by atoms with Crippen LogP contribution in [0, 0.1) is 0 Å². The van der Waals surface area contributed by atoms with Crippen molar-refractivity contribution in [2.24, 2.45) is 0 Å². The van der Waals surface area contributed by atoms with Gasteiger partial charge in [-0.1, -0.05) is 0 Å². The first-order valence-electron chi connectivity index (χ1n) is 10.3. The molecular formula is C19H35N3O6S. The zero-order valence-corrected chi connectivity index (χ0v) is 18.6. The number of unbranched alkanes of at least 4 members (excludes halogenated alkanes) is 2. The van der Waals surface area contributed by atoms with E-state index in [1.165, 1.54) is 17.1 Å². The number of nitrogens with zero attached hydrogens (tertiary/aromatic N) is 1.